The molecule has 6 nitrogen and oxygen atoms in total. The van der Waals surface area contributed by atoms with Gasteiger partial charge in [0.25, 0.3) is 20.2 Å². The third-order valence-electron chi connectivity index (χ3n) is 3.84. The van der Waals surface area contributed by atoms with Crippen molar-refractivity contribution < 1.29 is 25.2 Å². The molecule has 0 unspecified atom stereocenters. The van der Waals surface area contributed by atoms with E-state index in [4.69, 9.17) is 8.37 Å². The van der Waals surface area contributed by atoms with Crippen LogP contribution in [0, 0.1) is 13.8 Å². The summed E-state index contributed by atoms with van der Waals surface area (Å²) in [7, 11) is -8.04. The van der Waals surface area contributed by atoms with Gasteiger partial charge < -0.3 is 0 Å². The van der Waals surface area contributed by atoms with Gasteiger partial charge in [-0.3, -0.25) is 8.37 Å². The molecule has 0 radical (unpaired) electrons. The SMILES string of the molecule is Cc1ccc(S(=O)(=O)O[C@@H](C)[C@@H](C)OS(=O)(=O)c2ccc(C)cc2)cc1. The topological polar surface area (TPSA) is 86.7 Å². The van der Waals surface area contributed by atoms with Gasteiger partial charge in [0.05, 0.1) is 9.79 Å². The molecule has 0 aliphatic heterocycles. The van der Waals surface area contributed by atoms with E-state index in [-0.39, 0.29) is 9.79 Å². The average Bonchev–Trinajstić information content (AvgIpc) is 2.54. The van der Waals surface area contributed by atoms with Crippen LogP contribution in [0.25, 0.3) is 0 Å². The van der Waals surface area contributed by atoms with Crippen LogP contribution in [0.15, 0.2) is 58.3 Å². The average molecular weight is 399 g/mol. The van der Waals surface area contributed by atoms with Crippen LogP contribution >= 0.6 is 0 Å². The van der Waals surface area contributed by atoms with Crippen molar-refractivity contribution in [1.82, 2.24) is 0 Å². The van der Waals surface area contributed by atoms with Crippen LogP contribution < -0.4 is 0 Å². The van der Waals surface area contributed by atoms with E-state index in [1.165, 1.54) is 38.1 Å². The van der Waals surface area contributed by atoms with Crippen LogP contribution in [0.4, 0.5) is 0 Å². The minimum Gasteiger partial charge on any atom is -0.261 e. The van der Waals surface area contributed by atoms with Crippen LogP contribution in [-0.4, -0.2) is 29.0 Å². The molecular formula is C18H22O6S2. The van der Waals surface area contributed by atoms with Gasteiger partial charge in [-0.25, -0.2) is 0 Å². The summed E-state index contributed by atoms with van der Waals surface area (Å²) in [6.07, 6.45) is -2.00. The summed E-state index contributed by atoms with van der Waals surface area (Å²) >= 11 is 0. The molecule has 0 saturated heterocycles. The highest BCUT2D eigenvalue weighted by molar-refractivity contribution is 7.87. The Bertz CT molecular complexity index is 864. The number of benzene rings is 2. The van der Waals surface area contributed by atoms with Crippen LogP contribution in [0.3, 0.4) is 0 Å². The third-order valence-corrected chi connectivity index (χ3v) is 6.65. The normalized spacial score (nSPS) is 14.8. The molecule has 142 valence electrons. The van der Waals surface area contributed by atoms with Gasteiger partial charge in [0.1, 0.15) is 12.2 Å². The minimum atomic E-state index is -4.02. The summed E-state index contributed by atoms with van der Waals surface area (Å²) in [6, 6.07) is 12.4. The van der Waals surface area contributed by atoms with Crippen molar-refractivity contribution in [2.75, 3.05) is 0 Å². The van der Waals surface area contributed by atoms with Crippen LogP contribution in [0.2, 0.25) is 0 Å². The molecule has 0 spiro atoms. The minimum absolute atomic E-state index is 0.00328. The Kier molecular flexibility index (Phi) is 6.23. The monoisotopic (exact) mass is 398 g/mol. The lowest BCUT2D eigenvalue weighted by Crippen LogP contribution is -2.30. The lowest BCUT2D eigenvalue weighted by molar-refractivity contribution is 0.0871. The van der Waals surface area contributed by atoms with Crippen LogP contribution in [0.5, 0.6) is 0 Å². The molecule has 2 rings (SSSR count). The predicted octanol–water partition coefficient (Wildman–Crippen LogP) is 3.19. The first kappa shape index (κ1) is 20.6. The second kappa shape index (κ2) is 7.87. The summed E-state index contributed by atoms with van der Waals surface area (Å²) in [5, 5.41) is 0. The van der Waals surface area contributed by atoms with Gasteiger partial charge >= 0.3 is 0 Å². The van der Waals surface area contributed by atoms with Gasteiger partial charge in [0.2, 0.25) is 0 Å². The van der Waals surface area contributed by atoms with Gasteiger partial charge in [-0.1, -0.05) is 35.4 Å². The van der Waals surface area contributed by atoms with Crippen molar-refractivity contribution in [2.45, 2.75) is 49.7 Å². The molecule has 8 heteroatoms. The van der Waals surface area contributed by atoms with Gasteiger partial charge in [-0.05, 0) is 52.0 Å². The second-order valence-corrected chi connectivity index (χ2v) is 9.28. The molecular weight excluding hydrogens is 376 g/mol. The lowest BCUT2D eigenvalue weighted by atomic mass is 10.2. The number of aryl methyl sites for hydroxylation is 2. The Morgan fingerprint density at radius 1 is 0.615 bits per heavy atom. The summed E-state index contributed by atoms with van der Waals surface area (Å²) < 4.78 is 59.4. The maximum Gasteiger partial charge on any atom is 0.297 e. The molecule has 0 amide bonds. The Balaban J connectivity index is 2.10. The van der Waals surface area contributed by atoms with Gasteiger partial charge in [0, 0.05) is 0 Å². The number of hydrogen-bond donors (Lipinski definition) is 0. The van der Waals surface area contributed by atoms with Crippen molar-refractivity contribution in [3.63, 3.8) is 0 Å². The van der Waals surface area contributed by atoms with Crippen molar-refractivity contribution in [3.05, 3.63) is 59.7 Å². The fourth-order valence-electron chi connectivity index (χ4n) is 2.08. The van der Waals surface area contributed by atoms with Crippen molar-refractivity contribution in [1.29, 1.82) is 0 Å². The molecule has 0 saturated carbocycles. The Labute approximate surface area is 155 Å². The fraction of sp³-hybridized carbons (Fsp3) is 0.333. The summed E-state index contributed by atoms with van der Waals surface area (Å²) in [5.74, 6) is 0. The van der Waals surface area contributed by atoms with E-state index in [2.05, 4.69) is 0 Å². The Hall–Kier alpha value is -1.74. The third kappa shape index (κ3) is 5.14. The van der Waals surface area contributed by atoms with E-state index in [0.29, 0.717) is 0 Å². The number of rotatable bonds is 7. The van der Waals surface area contributed by atoms with E-state index >= 15 is 0 Å². The van der Waals surface area contributed by atoms with Crippen molar-refractivity contribution in [2.24, 2.45) is 0 Å². The fourth-order valence-corrected chi connectivity index (χ4v) is 4.35. The summed E-state index contributed by atoms with van der Waals surface area (Å²) in [5.41, 5.74) is 1.83. The molecule has 0 bridgehead atoms. The van der Waals surface area contributed by atoms with Gasteiger partial charge in [-0.15, -0.1) is 0 Å². The molecule has 0 fully saturated rings. The zero-order valence-electron chi connectivity index (χ0n) is 15.0. The number of hydrogen-bond acceptors (Lipinski definition) is 6. The quantitative estimate of drug-likeness (QED) is 0.666. The largest absolute Gasteiger partial charge is 0.297 e. The van der Waals surface area contributed by atoms with E-state index in [1.807, 2.05) is 13.8 Å². The Morgan fingerprint density at radius 3 is 1.15 bits per heavy atom. The Morgan fingerprint density at radius 2 is 0.885 bits per heavy atom. The van der Waals surface area contributed by atoms with Crippen LogP contribution in [-0.2, 0) is 28.6 Å². The van der Waals surface area contributed by atoms with Gasteiger partial charge in [-0.2, -0.15) is 16.8 Å². The first-order chi connectivity index (χ1) is 12.0. The molecule has 26 heavy (non-hydrogen) atoms. The smallest absolute Gasteiger partial charge is 0.261 e. The van der Waals surface area contributed by atoms with Crippen LogP contribution in [0.1, 0.15) is 25.0 Å². The molecule has 2 aromatic carbocycles. The highest BCUT2D eigenvalue weighted by Crippen LogP contribution is 2.20. The standard InChI is InChI=1S/C18H22O6S2/c1-13-5-9-17(10-6-13)25(19,20)23-15(3)16(4)24-26(21,22)18-11-7-14(2)8-12-18/h5-12,15-16H,1-4H3/t15-,16+. The molecule has 2 atom stereocenters. The zero-order valence-corrected chi connectivity index (χ0v) is 16.7. The van der Waals surface area contributed by atoms with Crippen molar-refractivity contribution in [3.8, 4) is 0 Å². The van der Waals surface area contributed by atoms with E-state index in [0.717, 1.165) is 11.1 Å². The first-order valence-corrected chi connectivity index (χ1v) is 10.8. The van der Waals surface area contributed by atoms with E-state index < -0.39 is 32.4 Å². The molecule has 2 aromatic rings. The maximum atomic E-state index is 12.3. The van der Waals surface area contributed by atoms with Crippen molar-refractivity contribution >= 4 is 20.2 Å². The molecule has 0 aromatic heterocycles. The summed E-state index contributed by atoms with van der Waals surface area (Å²) in [4.78, 5) is 0.00656. The summed E-state index contributed by atoms with van der Waals surface area (Å²) in [6.45, 7) is 6.57. The highest BCUT2D eigenvalue weighted by atomic mass is 32.2. The molecule has 0 N–H and O–H groups in total. The predicted molar refractivity (Wildman–Crippen MR) is 97.8 cm³/mol. The molecule has 0 heterocycles. The van der Waals surface area contributed by atoms with E-state index in [1.54, 1.807) is 24.3 Å². The van der Waals surface area contributed by atoms with Gasteiger partial charge in [0.15, 0.2) is 0 Å². The lowest BCUT2D eigenvalue weighted by Gasteiger charge is -2.20. The first-order valence-electron chi connectivity index (χ1n) is 8.01. The molecule has 0 aliphatic rings. The highest BCUT2D eigenvalue weighted by Gasteiger charge is 2.28. The molecule has 0 aliphatic carbocycles. The second-order valence-electron chi connectivity index (χ2n) is 6.14. The zero-order chi connectivity index (χ0) is 19.5. The van der Waals surface area contributed by atoms with E-state index in [9.17, 15) is 16.8 Å². The maximum absolute atomic E-state index is 12.3.